The van der Waals surface area contributed by atoms with E-state index in [9.17, 15) is 4.79 Å². The number of hydrogen-bond donors (Lipinski definition) is 1. The molecule has 0 heterocycles. The Hall–Kier alpha value is -0.970. The van der Waals surface area contributed by atoms with Crippen molar-refractivity contribution in [2.45, 2.75) is 26.4 Å². The van der Waals surface area contributed by atoms with Gasteiger partial charge >= 0.3 is 6.09 Å². The highest BCUT2D eigenvalue weighted by molar-refractivity contribution is 6.42. The highest BCUT2D eigenvalue weighted by Crippen LogP contribution is 2.23. The summed E-state index contributed by atoms with van der Waals surface area (Å²) in [5.41, 5.74) is 0.865. The van der Waals surface area contributed by atoms with Crippen molar-refractivity contribution in [1.29, 1.82) is 0 Å². The Labute approximate surface area is 122 Å². The van der Waals surface area contributed by atoms with Crippen LogP contribution in [0.25, 0.3) is 0 Å². The van der Waals surface area contributed by atoms with Gasteiger partial charge in [0.1, 0.15) is 6.61 Å². The van der Waals surface area contributed by atoms with Gasteiger partial charge in [0.2, 0.25) is 0 Å². The zero-order chi connectivity index (χ0) is 14.4. The average molecular weight is 306 g/mol. The molecule has 4 nitrogen and oxygen atoms in total. The summed E-state index contributed by atoms with van der Waals surface area (Å²) in [6.07, 6.45) is -0.463. The largest absolute Gasteiger partial charge is 0.447 e. The molecule has 6 heteroatoms. The number of halogens is 2. The van der Waals surface area contributed by atoms with Gasteiger partial charge in [0.05, 0.1) is 16.7 Å². The summed E-state index contributed by atoms with van der Waals surface area (Å²) in [6, 6.07) is 5.19. The van der Waals surface area contributed by atoms with E-state index in [-0.39, 0.29) is 19.3 Å². The van der Waals surface area contributed by atoms with Crippen molar-refractivity contribution in [1.82, 2.24) is 4.90 Å². The summed E-state index contributed by atoms with van der Waals surface area (Å²) in [5, 5.41) is 9.59. The van der Waals surface area contributed by atoms with Crippen molar-refractivity contribution < 1.29 is 14.6 Å². The second-order valence-corrected chi connectivity index (χ2v) is 5.12. The van der Waals surface area contributed by atoms with Crippen molar-refractivity contribution in [2.24, 2.45) is 0 Å². The molecule has 0 aliphatic carbocycles. The maximum absolute atomic E-state index is 11.8. The molecule has 0 atom stereocenters. The van der Waals surface area contributed by atoms with E-state index in [0.717, 1.165) is 5.56 Å². The second kappa shape index (κ2) is 7.58. The van der Waals surface area contributed by atoms with Crippen LogP contribution in [0.3, 0.4) is 0 Å². The molecule has 19 heavy (non-hydrogen) atoms. The molecular weight excluding hydrogens is 289 g/mol. The molecule has 0 aliphatic heterocycles. The monoisotopic (exact) mass is 305 g/mol. The average Bonchev–Trinajstić information content (AvgIpc) is 2.36. The molecule has 1 aromatic rings. The van der Waals surface area contributed by atoms with E-state index in [2.05, 4.69) is 0 Å². The lowest BCUT2D eigenvalue weighted by molar-refractivity contribution is 0.0730. The van der Waals surface area contributed by atoms with Gasteiger partial charge in [-0.2, -0.15) is 0 Å². The van der Waals surface area contributed by atoms with Gasteiger partial charge in [-0.3, -0.25) is 0 Å². The molecule has 1 aromatic carbocycles. The number of carbonyl (C=O) groups is 1. The van der Waals surface area contributed by atoms with Gasteiger partial charge in [-0.25, -0.2) is 4.79 Å². The van der Waals surface area contributed by atoms with Crippen molar-refractivity contribution >= 4 is 29.3 Å². The Balaban J connectivity index is 2.77. The first-order chi connectivity index (χ1) is 8.95. The highest BCUT2D eigenvalue weighted by Gasteiger charge is 2.18. The number of nitrogens with zero attached hydrogens (tertiary/aromatic N) is 1. The summed E-state index contributed by atoms with van der Waals surface area (Å²) in [5.74, 6) is 0. The topological polar surface area (TPSA) is 49.8 Å². The first-order valence-corrected chi connectivity index (χ1v) is 6.69. The van der Waals surface area contributed by atoms with Crippen molar-refractivity contribution in [3.8, 4) is 0 Å². The third kappa shape index (κ3) is 4.90. The van der Waals surface area contributed by atoms with Gasteiger partial charge in [-0.1, -0.05) is 29.3 Å². The quantitative estimate of drug-likeness (QED) is 0.907. The van der Waals surface area contributed by atoms with Gasteiger partial charge in [-0.05, 0) is 31.5 Å². The first kappa shape index (κ1) is 16.1. The molecule has 106 valence electrons. The smallest absolute Gasteiger partial charge is 0.410 e. The standard InChI is InChI=1S/C13H17Cl2NO3/c1-9(2)16(13(18)19-6-5-17)8-10-3-4-11(14)12(15)7-10/h3-4,7,9,17H,5-6,8H2,1-2H3. The Kier molecular flexibility index (Phi) is 6.42. The van der Waals surface area contributed by atoms with Gasteiger partial charge in [0, 0.05) is 12.6 Å². The molecule has 0 aliphatic rings. The van der Waals surface area contributed by atoms with Crippen LogP contribution in [0.5, 0.6) is 0 Å². The molecule has 0 saturated heterocycles. The Bertz CT molecular complexity index is 438. The third-order valence-electron chi connectivity index (χ3n) is 2.51. The molecule has 1 N–H and O–H groups in total. The number of ether oxygens (including phenoxy) is 1. The predicted molar refractivity (Wildman–Crippen MR) is 75.6 cm³/mol. The van der Waals surface area contributed by atoms with Crippen LogP contribution < -0.4 is 0 Å². The molecule has 1 amide bonds. The highest BCUT2D eigenvalue weighted by atomic mass is 35.5. The van der Waals surface area contributed by atoms with Crippen LogP contribution in [0.2, 0.25) is 10.0 Å². The fraction of sp³-hybridized carbons (Fsp3) is 0.462. The number of aliphatic hydroxyl groups is 1. The fourth-order valence-electron chi connectivity index (χ4n) is 1.51. The van der Waals surface area contributed by atoms with Gasteiger partial charge in [-0.15, -0.1) is 0 Å². The van der Waals surface area contributed by atoms with Crippen LogP contribution in [0.4, 0.5) is 4.79 Å². The summed E-state index contributed by atoms with van der Waals surface area (Å²) >= 11 is 11.8. The Morgan fingerprint density at radius 1 is 1.37 bits per heavy atom. The molecule has 0 aromatic heterocycles. The van der Waals surface area contributed by atoms with Crippen LogP contribution >= 0.6 is 23.2 Å². The molecule has 0 bridgehead atoms. The number of rotatable bonds is 5. The van der Waals surface area contributed by atoms with E-state index in [1.807, 2.05) is 19.9 Å². The van der Waals surface area contributed by atoms with E-state index in [4.69, 9.17) is 33.0 Å². The van der Waals surface area contributed by atoms with E-state index in [1.165, 1.54) is 0 Å². The number of amides is 1. The van der Waals surface area contributed by atoms with E-state index in [1.54, 1.807) is 17.0 Å². The fourth-order valence-corrected chi connectivity index (χ4v) is 1.83. The zero-order valence-electron chi connectivity index (χ0n) is 10.9. The molecule has 0 fully saturated rings. The number of hydrogen-bond acceptors (Lipinski definition) is 3. The number of benzene rings is 1. The first-order valence-electron chi connectivity index (χ1n) is 5.94. The minimum absolute atomic E-state index is 0.0105. The van der Waals surface area contributed by atoms with E-state index < -0.39 is 6.09 Å². The molecule has 1 rings (SSSR count). The molecule has 0 saturated carbocycles. The predicted octanol–water partition coefficient (Wildman–Crippen LogP) is 3.33. The molecule has 0 spiro atoms. The van der Waals surface area contributed by atoms with Crippen LogP contribution in [0.15, 0.2) is 18.2 Å². The summed E-state index contributed by atoms with van der Waals surface area (Å²) in [7, 11) is 0. The van der Waals surface area contributed by atoms with E-state index >= 15 is 0 Å². The molecular formula is C13H17Cl2NO3. The minimum Gasteiger partial charge on any atom is -0.447 e. The van der Waals surface area contributed by atoms with Gasteiger partial charge in [0.25, 0.3) is 0 Å². The van der Waals surface area contributed by atoms with Crippen LogP contribution in [-0.4, -0.2) is 35.4 Å². The van der Waals surface area contributed by atoms with E-state index in [0.29, 0.717) is 16.6 Å². The summed E-state index contributed by atoms with van der Waals surface area (Å²) in [4.78, 5) is 13.4. The van der Waals surface area contributed by atoms with Crippen molar-refractivity contribution in [3.05, 3.63) is 33.8 Å². The third-order valence-corrected chi connectivity index (χ3v) is 3.25. The maximum Gasteiger partial charge on any atom is 0.410 e. The number of aliphatic hydroxyl groups excluding tert-OH is 1. The minimum atomic E-state index is -0.463. The summed E-state index contributed by atoms with van der Waals surface area (Å²) < 4.78 is 4.92. The Morgan fingerprint density at radius 2 is 2.05 bits per heavy atom. The lowest BCUT2D eigenvalue weighted by Crippen LogP contribution is -2.37. The molecule has 0 radical (unpaired) electrons. The Morgan fingerprint density at radius 3 is 2.58 bits per heavy atom. The normalized spacial score (nSPS) is 10.6. The molecule has 0 unspecified atom stereocenters. The number of carbonyl (C=O) groups excluding carboxylic acids is 1. The lowest BCUT2D eigenvalue weighted by atomic mass is 10.2. The van der Waals surface area contributed by atoms with Gasteiger partial charge < -0.3 is 14.7 Å². The summed E-state index contributed by atoms with van der Waals surface area (Å²) in [6.45, 7) is 3.95. The SMILES string of the molecule is CC(C)N(Cc1ccc(Cl)c(Cl)c1)C(=O)OCCO. The van der Waals surface area contributed by atoms with Crippen molar-refractivity contribution in [2.75, 3.05) is 13.2 Å². The van der Waals surface area contributed by atoms with Gasteiger partial charge in [0.15, 0.2) is 0 Å². The van der Waals surface area contributed by atoms with Crippen LogP contribution in [-0.2, 0) is 11.3 Å². The van der Waals surface area contributed by atoms with Crippen LogP contribution in [0.1, 0.15) is 19.4 Å². The second-order valence-electron chi connectivity index (χ2n) is 4.31. The zero-order valence-corrected chi connectivity index (χ0v) is 12.4. The maximum atomic E-state index is 11.8. The lowest BCUT2D eigenvalue weighted by Gasteiger charge is -2.26. The van der Waals surface area contributed by atoms with Crippen LogP contribution in [0, 0.1) is 0 Å². The van der Waals surface area contributed by atoms with Crippen molar-refractivity contribution in [3.63, 3.8) is 0 Å².